The molecule has 0 unspecified atom stereocenters. The standard InChI is InChI=1S/C17H26N2O/c1-19(13-14-9-11-16(18)12-10-14)17(20)15-7-5-3-2-4-6-8-15/h9-12,15H,2-8,13,18H2,1H3. The molecule has 1 fully saturated rings. The molecule has 0 bridgehead atoms. The van der Waals surface area contributed by atoms with E-state index in [0.717, 1.165) is 24.1 Å². The van der Waals surface area contributed by atoms with Crippen LogP contribution in [0.25, 0.3) is 0 Å². The van der Waals surface area contributed by atoms with Crippen LogP contribution in [0.4, 0.5) is 5.69 Å². The van der Waals surface area contributed by atoms with Crippen molar-refractivity contribution in [1.29, 1.82) is 0 Å². The van der Waals surface area contributed by atoms with E-state index in [4.69, 9.17) is 5.73 Å². The van der Waals surface area contributed by atoms with Gasteiger partial charge in [0.2, 0.25) is 5.91 Å². The fourth-order valence-corrected chi connectivity index (χ4v) is 2.99. The number of carbonyl (C=O) groups is 1. The fraction of sp³-hybridized carbons (Fsp3) is 0.588. The van der Waals surface area contributed by atoms with Crippen LogP contribution in [0.2, 0.25) is 0 Å². The molecule has 1 amide bonds. The number of hydrogen-bond donors (Lipinski definition) is 1. The molecule has 20 heavy (non-hydrogen) atoms. The average Bonchev–Trinajstić information content (AvgIpc) is 2.40. The summed E-state index contributed by atoms with van der Waals surface area (Å²) in [6.45, 7) is 0.676. The second kappa shape index (κ2) is 7.32. The molecule has 1 aromatic carbocycles. The lowest BCUT2D eigenvalue weighted by Crippen LogP contribution is -2.32. The molecule has 0 aliphatic heterocycles. The van der Waals surface area contributed by atoms with Crippen LogP contribution in [0.5, 0.6) is 0 Å². The highest BCUT2D eigenvalue weighted by Crippen LogP contribution is 2.24. The minimum Gasteiger partial charge on any atom is -0.399 e. The van der Waals surface area contributed by atoms with Crippen molar-refractivity contribution in [2.24, 2.45) is 5.92 Å². The van der Waals surface area contributed by atoms with Crippen molar-refractivity contribution in [2.75, 3.05) is 12.8 Å². The number of rotatable bonds is 3. The minimum atomic E-state index is 0.231. The lowest BCUT2D eigenvalue weighted by Gasteiger charge is -2.25. The van der Waals surface area contributed by atoms with Gasteiger partial charge in [-0.3, -0.25) is 4.79 Å². The molecule has 2 rings (SSSR count). The summed E-state index contributed by atoms with van der Waals surface area (Å²) in [5.41, 5.74) is 7.59. The van der Waals surface area contributed by atoms with E-state index in [1.54, 1.807) is 0 Å². The Kier molecular flexibility index (Phi) is 5.45. The molecule has 110 valence electrons. The molecular weight excluding hydrogens is 248 g/mol. The first-order chi connectivity index (χ1) is 9.66. The summed E-state index contributed by atoms with van der Waals surface area (Å²) in [5.74, 6) is 0.540. The smallest absolute Gasteiger partial charge is 0.225 e. The molecule has 0 spiro atoms. The maximum atomic E-state index is 12.5. The molecule has 0 saturated heterocycles. The molecule has 2 N–H and O–H groups in total. The molecule has 0 radical (unpaired) electrons. The van der Waals surface area contributed by atoms with Crippen LogP contribution in [-0.2, 0) is 11.3 Å². The van der Waals surface area contributed by atoms with E-state index < -0.39 is 0 Å². The molecule has 1 aliphatic carbocycles. The lowest BCUT2D eigenvalue weighted by atomic mass is 9.90. The summed E-state index contributed by atoms with van der Waals surface area (Å²) in [5, 5.41) is 0. The summed E-state index contributed by atoms with van der Waals surface area (Å²) in [7, 11) is 1.91. The maximum Gasteiger partial charge on any atom is 0.225 e. The Morgan fingerprint density at radius 2 is 1.65 bits per heavy atom. The van der Waals surface area contributed by atoms with Gasteiger partial charge in [0.1, 0.15) is 0 Å². The normalized spacial score (nSPS) is 17.2. The Bertz CT molecular complexity index is 419. The van der Waals surface area contributed by atoms with Crippen LogP contribution in [0.1, 0.15) is 50.5 Å². The van der Waals surface area contributed by atoms with Gasteiger partial charge in [-0.1, -0.05) is 44.2 Å². The molecule has 0 atom stereocenters. The van der Waals surface area contributed by atoms with Crippen LogP contribution in [0, 0.1) is 5.92 Å². The summed E-state index contributed by atoms with van der Waals surface area (Å²) in [6.07, 6.45) is 8.42. The van der Waals surface area contributed by atoms with E-state index in [1.165, 1.54) is 32.1 Å². The molecule has 0 heterocycles. The number of benzene rings is 1. The van der Waals surface area contributed by atoms with Crippen molar-refractivity contribution < 1.29 is 4.79 Å². The van der Waals surface area contributed by atoms with Crippen LogP contribution < -0.4 is 5.73 Å². The van der Waals surface area contributed by atoms with Crippen LogP contribution in [0.3, 0.4) is 0 Å². The number of nitrogens with two attached hydrogens (primary N) is 1. The predicted molar refractivity (Wildman–Crippen MR) is 83.1 cm³/mol. The highest BCUT2D eigenvalue weighted by Gasteiger charge is 2.22. The minimum absolute atomic E-state index is 0.231. The number of anilines is 1. The Balaban J connectivity index is 1.91. The SMILES string of the molecule is CN(Cc1ccc(N)cc1)C(=O)C1CCCCCCC1. The van der Waals surface area contributed by atoms with Gasteiger partial charge in [-0.25, -0.2) is 0 Å². The van der Waals surface area contributed by atoms with Gasteiger partial charge in [-0.15, -0.1) is 0 Å². The summed E-state index contributed by atoms with van der Waals surface area (Å²) in [4.78, 5) is 14.4. The second-order valence-electron chi connectivity index (χ2n) is 5.98. The third-order valence-electron chi connectivity index (χ3n) is 4.23. The first-order valence-electron chi connectivity index (χ1n) is 7.76. The van der Waals surface area contributed by atoms with E-state index in [-0.39, 0.29) is 5.92 Å². The Morgan fingerprint density at radius 3 is 2.25 bits per heavy atom. The zero-order chi connectivity index (χ0) is 14.4. The van der Waals surface area contributed by atoms with Crippen molar-refractivity contribution >= 4 is 11.6 Å². The zero-order valence-electron chi connectivity index (χ0n) is 12.5. The highest BCUT2D eigenvalue weighted by atomic mass is 16.2. The first kappa shape index (κ1) is 14.9. The average molecular weight is 274 g/mol. The molecule has 1 saturated carbocycles. The molecular formula is C17H26N2O. The zero-order valence-corrected chi connectivity index (χ0v) is 12.5. The van der Waals surface area contributed by atoms with Gasteiger partial charge < -0.3 is 10.6 Å². The summed E-state index contributed by atoms with van der Waals surface area (Å²) in [6, 6.07) is 7.78. The van der Waals surface area contributed by atoms with E-state index in [2.05, 4.69) is 0 Å². The molecule has 3 nitrogen and oxygen atoms in total. The fourth-order valence-electron chi connectivity index (χ4n) is 2.99. The van der Waals surface area contributed by atoms with E-state index in [9.17, 15) is 4.79 Å². The number of carbonyl (C=O) groups excluding carboxylic acids is 1. The van der Waals surface area contributed by atoms with Gasteiger partial charge in [-0.05, 0) is 30.5 Å². The van der Waals surface area contributed by atoms with Crippen LogP contribution >= 0.6 is 0 Å². The van der Waals surface area contributed by atoms with Gasteiger partial charge in [0.05, 0.1) is 0 Å². The third kappa shape index (κ3) is 4.26. The van der Waals surface area contributed by atoms with Gasteiger partial charge in [-0.2, -0.15) is 0 Å². The van der Waals surface area contributed by atoms with Gasteiger partial charge in [0, 0.05) is 25.2 Å². The van der Waals surface area contributed by atoms with Crippen molar-refractivity contribution in [3.05, 3.63) is 29.8 Å². The summed E-state index contributed by atoms with van der Waals surface area (Å²) >= 11 is 0. The van der Waals surface area contributed by atoms with Crippen LogP contribution in [0.15, 0.2) is 24.3 Å². The molecule has 1 aromatic rings. The highest BCUT2D eigenvalue weighted by molar-refractivity contribution is 5.78. The Hall–Kier alpha value is -1.51. The first-order valence-corrected chi connectivity index (χ1v) is 7.76. The quantitative estimate of drug-likeness (QED) is 0.856. The maximum absolute atomic E-state index is 12.5. The number of nitrogen functional groups attached to an aromatic ring is 1. The lowest BCUT2D eigenvalue weighted by molar-refractivity contribution is -0.135. The monoisotopic (exact) mass is 274 g/mol. The van der Waals surface area contributed by atoms with Crippen molar-refractivity contribution in [1.82, 2.24) is 4.90 Å². The molecule has 1 aliphatic rings. The Labute approximate surface area is 122 Å². The van der Waals surface area contributed by atoms with Crippen molar-refractivity contribution in [2.45, 2.75) is 51.5 Å². The van der Waals surface area contributed by atoms with Crippen molar-refractivity contribution in [3.8, 4) is 0 Å². The van der Waals surface area contributed by atoms with E-state index >= 15 is 0 Å². The topological polar surface area (TPSA) is 46.3 Å². The third-order valence-corrected chi connectivity index (χ3v) is 4.23. The van der Waals surface area contributed by atoms with E-state index in [1.807, 2.05) is 36.2 Å². The largest absolute Gasteiger partial charge is 0.399 e. The van der Waals surface area contributed by atoms with Crippen LogP contribution in [-0.4, -0.2) is 17.9 Å². The molecule has 0 aromatic heterocycles. The number of nitrogens with zero attached hydrogens (tertiary/aromatic N) is 1. The molecule has 3 heteroatoms. The Morgan fingerprint density at radius 1 is 1.10 bits per heavy atom. The number of amides is 1. The predicted octanol–water partition coefficient (Wildman–Crippen LogP) is 3.59. The van der Waals surface area contributed by atoms with Gasteiger partial charge in [0.25, 0.3) is 0 Å². The van der Waals surface area contributed by atoms with Gasteiger partial charge >= 0.3 is 0 Å². The van der Waals surface area contributed by atoms with Crippen molar-refractivity contribution in [3.63, 3.8) is 0 Å². The van der Waals surface area contributed by atoms with Gasteiger partial charge in [0.15, 0.2) is 0 Å². The van der Waals surface area contributed by atoms with E-state index in [0.29, 0.717) is 12.5 Å². The summed E-state index contributed by atoms with van der Waals surface area (Å²) < 4.78 is 0. The second-order valence-corrected chi connectivity index (χ2v) is 5.98. The number of hydrogen-bond acceptors (Lipinski definition) is 2.